The van der Waals surface area contributed by atoms with Crippen molar-refractivity contribution in [1.82, 2.24) is 10.2 Å². The highest BCUT2D eigenvalue weighted by molar-refractivity contribution is 5.87. The number of amides is 2. The van der Waals surface area contributed by atoms with Gasteiger partial charge in [0.2, 0.25) is 5.91 Å². The summed E-state index contributed by atoms with van der Waals surface area (Å²) >= 11 is 0. The first-order chi connectivity index (χ1) is 12.6. The molecule has 0 aliphatic carbocycles. The zero-order chi connectivity index (χ0) is 19.8. The molecule has 3 aliphatic heterocycles. The molecule has 152 valence electrons. The van der Waals surface area contributed by atoms with Crippen molar-refractivity contribution in [3.8, 4) is 0 Å². The minimum absolute atomic E-state index is 0.0462. The molecule has 3 atom stereocenters. The van der Waals surface area contributed by atoms with Crippen LogP contribution >= 0.6 is 0 Å². The number of nitrogens with zero attached hydrogens (tertiary/aromatic N) is 1. The van der Waals surface area contributed by atoms with Crippen LogP contribution in [0.15, 0.2) is 0 Å². The van der Waals surface area contributed by atoms with E-state index in [0.717, 1.165) is 0 Å². The van der Waals surface area contributed by atoms with Gasteiger partial charge in [0, 0.05) is 25.6 Å². The fourth-order valence-electron chi connectivity index (χ4n) is 3.69. The molecule has 3 heterocycles. The summed E-state index contributed by atoms with van der Waals surface area (Å²) in [4.78, 5) is 37.1. The SMILES string of the molecule is N[C@@H](C[C@@H]1CCCNC1=O)C(OC(=O)C(F)(F)F)C(=O)N1CC2(COC2)C1. The van der Waals surface area contributed by atoms with E-state index in [1.54, 1.807) is 0 Å². The summed E-state index contributed by atoms with van der Waals surface area (Å²) < 4.78 is 47.4. The number of piperidine rings is 1. The number of nitrogens with two attached hydrogens (primary N) is 1. The predicted octanol–water partition coefficient (Wildman–Crippen LogP) is -0.437. The number of ether oxygens (including phenoxy) is 2. The molecule has 0 aromatic carbocycles. The van der Waals surface area contributed by atoms with E-state index >= 15 is 0 Å². The van der Waals surface area contributed by atoms with E-state index in [0.29, 0.717) is 45.7 Å². The molecule has 1 spiro atoms. The molecule has 27 heavy (non-hydrogen) atoms. The summed E-state index contributed by atoms with van der Waals surface area (Å²) in [7, 11) is 0. The maximum absolute atomic E-state index is 12.6. The van der Waals surface area contributed by atoms with Crippen molar-refractivity contribution in [2.24, 2.45) is 17.1 Å². The normalized spacial score (nSPS) is 26.4. The van der Waals surface area contributed by atoms with E-state index < -0.39 is 36.1 Å². The van der Waals surface area contributed by atoms with E-state index in [9.17, 15) is 27.6 Å². The lowest BCUT2D eigenvalue weighted by molar-refractivity contribution is -0.215. The lowest BCUT2D eigenvalue weighted by Crippen LogP contribution is -2.69. The molecular formula is C16H22F3N3O5. The minimum Gasteiger partial charge on any atom is -0.444 e. The van der Waals surface area contributed by atoms with Gasteiger partial charge in [-0.3, -0.25) is 9.59 Å². The zero-order valence-electron chi connectivity index (χ0n) is 14.6. The quantitative estimate of drug-likeness (QED) is 0.613. The van der Waals surface area contributed by atoms with Crippen molar-refractivity contribution in [3.63, 3.8) is 0 Å². The number of rotatable bonds is 5. The Bertz CT molecular complexity index is 615. The number of carbonyl (C=O) groups is 3. The zero-order valence-corrected chi connectivity index (χ0v) is 14.6. The molecule has 3 saturated heterocycles. The molecule has 11 heteroatoms. The Hall–Kier alpha value is -1.88. The van der Waals surface area contributed by atoms with Crippen LogP contribution in [-0.4, -0.2) is 73.9 Å². The van der Waals surface area contributed by atoms with Crippen LogP contribution < -0.4 is 11.1 Å². The van der Waals surface area contributed by atoms with Crippen LogP contribution in [0.1, 0.15) is 19.3 Å². The van der Waals surface area contributed by atoms with Crippen LogP contribution in [0.3, 0.4) is 0 Å². The van der Waals surface area contributed by atoms with E-state index in [1.807, 2.05) is 0 Å². The molecule has 2 amide bonds. The lowest BCUT2D eigenvalue weighted by atomic mass is 9.77. The highest BCUT2D eigenvalue weighted by Crippen LogP contribution is 2.38. The van der Waals surface area contributed by atoms with E-state index in [1.165, 1.54) is 4.90 Å². The van der Waals surface area contributed by atoms with Gasteiger partial charge in [0.15, 0.2) is 6.10 Å². The van der Waals surface area contributed by atoms with Crippen LogP contribution in [0.2, 0.25) is 0 Å². The molecule has 3 aliphatic rings. The van der Waals surface area contributed by atoms with Crippen molar-refractivity contribution in [3.05, 3.63) is 0 Å². The maximum atomic E-state index is 12.6. The van der Waals surface area contributed by atoms with Crippen LogP contribution in [0.4, 0.5) is 13.2 Å². The smallest absolute Gasteiger partial charge is 0.444 e. The lowest BCUT2D eigenvalue weighted by Gasteiger charge is -2.55. The Morgan fingerprint density at radius 2 is 2.04 bits per heavy atom. The third-order valence-electron chi connectivity index (χ3n) is 5.23. The number of likely N-dealkylation sites (tertiary alicyclic amines) is 1. The van der Waals surface area contributed by atoms with Crippen molar-refractivity contribution in [1.29, 1.82) is 0 Å². The summed E-state index contributed by atoms with van der Waals surface area (Å²) in [6, 6.07) is -1.22. The summed E-state index contributed by atoms with van der Waals surface area (Å²) in [6.07, 6.45) is -5.85. The van der Waals surface area contributed by atoms with E-state index in [-0.39, 0.29) is 17.7 Å². The Balaban J connectivity index is 1.67. The highest BCUT2D eigenvalue weighted by atomic mass is 19.4. The summed E-state index contributed by atoms with van der Waals surface area (Å²) in [5, 5.41) is 2.65. The predicted molar refractivity (Wildman–Crippen MR) is 84.1 cm³/mol. The van der Waals surface area contributed by atoms with Gasteiger partial charge in [-0.25, -0.2) is 4.79 Å². The molecular weight excluding hydrogens is 371 g/mol. The van der Waals surface area contributed by atoms with Crippen molar-refractivity contribution in [2.45, 2.75) is 37.6 Å². The Labute approximate surface area is 153 Å². The van der Waals surface area contributed by atoms with Crippen LogP contribution in [0.5, 0.6) is 0 Å². The number of halogens is 3. The van der Waals surface area contributed by atoms with Gasteiger partial charge in [0.1, 0.15) is 0 Å². The molecule has 0 radical (unpaired) electrons. The van der Waals surface area contributed by atoms with Crippen LogP contribution in [0, 0.1) is 11.3 Å². The summed E-state index contributed by atoms with van der Waals surface area (Å²) in [5.41, 5.74) is 5.79. The number of carbonyl (C=O) groups excluding carboxylic acids is 3. The number of hydrogen-bond acceptors (Lipinski definition) is 6. The van der Waals surface area contributed by atoms with E-state index in [2.05, 4.69) is 10.1 Å². The average Bonchev–Trinajstić information content (AvgIpc) is 2.50. The van der Waals surface area contributed by atoms with Gasteiger partial charge < -0.3 is 25.4 Å². The Morgan fingerprint density at radius 3 is 2.56 bits per heavy atom. The summed E-state index contributed by atoms with van der Waals surface area (Å²) in [5.74, 6) is -4.03. The van der Waals surface area contributed by atoms with E-state index in [4.69, 9.17) is 10.5 Å². The molecule has 3 rings (SSSR count). The minimum atomic E-state index is -5.24. The number of alkyl halides is 3. The average molecular weight is 393 g/mol. The fraction of sp³-hybridized carbons (Fsp3) is 0.812. The third-order valence-corrected chi connectivity index (χ3v) is 5.23. The van der Waals surface area contributed by atoms with Crippen molar-refractivity contribution in [2.75, 3.05) is 32.8 Å². The van der Waals surface area contributed by atoms with Crippen LogP contribution in [-0.2, 0) is 23.9 Å². The topological polar surface area (TPSA) is 111 Å². The molecule has 3 N–H and O–H groups in total. The van der Waals surface area contributed by atoms with Gasteiger partial charge in [0.05, 0.1) is 24.7 Å². The molecule has 3 fully saturated rings. The first-order valence-electron chi connectivity index (χ1n) is 8.79. The van der Waals surface area contributed by atoms with Crippen molar-refractivity contribution >= 4 is 17.8 Å². The van der Waals surface area contributed by atoms with Gasteiger partial charge in [-0.15, -0.1) is 0 Å². The highest BCUT2D eigenvalue weighted by Gasteiger charge is 2.53. The molecule has 0 aromatic heterocycles. The number of nitrogens with one attached hydrogen (secondary N) is 1. The van der Waals surface area contributed by atoms with Crippen LogP contribution in [0.25, 0.3) is 0 Å². The Kier molecular flexibility index (Phi) is 5.35. The van der Waals surface area contributed by atoms with Gasteiger partial charge in [-0.2, -0.15) is 13.2 Å². The molecule has 8 nitrogen and oxygen atoms in total. The molecule has 0 aromatic rings. The van der Waals surface area contributed by atoms with Gasteiger partial charge in [-0.1, -0.05) is 0 Å². The first-order valence-corrected chi connectivity index (χ1v) is 8.79. The second kappa shape index (κ2) is 7.27. The largest absolute Gasteiger partial charge is 0.490 e. The summed E-state index contributed by atoms with van der Waals surface area (Å²) in [6.45, 7) is 2.13. The second-order valence-electron chi connectivity index (χ2n) is 7.54. The van der Waals surface area contributed by atoms with Gasteiger partial charge in [-0.05, 0) is 19.3 Å². The number of hydrogen-bond donors (Lipinski definition) is 2. The molecule has 1 unspecified atom stereocenters. The first kappa shape index (κ1) is 19.9. The number of esters is 1. The molecule has 0 saturated carbocycles. The second-order valence-corrected chi connectivity index (χ2v) is 7.54. The third kappa shape index (κ3) is 4.18. The standard InChI is InChI=1S/C16H22F3N3O5/c17-16(18,19)14(25)27-11(10(20)4-9-2-1-3-21-12(9)23)13(24)22-5-15(6-22)7-26-8-15/h9-11H,1-8,20H2,(H,21,23)/t9-,10-,11?/m0/s1. The maximum Gasteiger partial charge on any atom is 0.490 e. The Morgan fingerprint density at radius 1 is 1.37 bits per heavy atom. The van der Waals surface area contributed by atoms with Crippen molar-refractivity contribution < 1.29 is 37.0 Å². The van der Waals surface area contributed by atoms with Gasteiger partial charge >= 0.3 is 12.1 Å². The molecule has 0 bridgehead atoms. The fourth-order valence-corrected chi connectivity index (χ4v) is 3.69. The monoisotopic (exact) mass is 393 g/mol. The van der Waals surface area contributed by atoms with Gasteiger partial charge in [0.25, 0.3) is 5.91 Å².